The van der Waals surface area contributed by atoms with Crippen molar-refractivity contribution in [2.45, 2.75) is 45.2 Å². The van der Waals surface area contributed by atoms with Crippen molar-refractivity contribution >= 4 is 23.2 Å². The molecule has 2 N–H and O–H groups in total. The van der Waals surface area contributed by atoms with Crippen LogP contribution < -0.4 is 5.32 Å². The van der Waals surface area contributed by atoms with Gasteiger partial charge in [-0.3, -0.25) is 4.79 Å². The number of aromatic amines is 1. The number of amides is 1. The molecule has 0 saturated carbocycles. The summed E-state index contributed by atoms with van der Waals surface area (Å²) in [6.07, 6.45) is 0.582. The molecule has 27 heavy (non-hydrogen) atoms. The van der Waals surface area contributed by atoms with Crippen molar-refractivity contribution < 1.29 is 18.0 Å². The third-order valence-corrected chi connectivity index (χ3v) is 5.53. The van der Waals surface area contributed by atoms with Gasteiger partial charge in [0.05, 0.1) is 11.1 Å². The molecule has 6 heteroatoms. The molecule has 1 aliphatic heterocycles. The molecule has 1 aliphatic carbocycles. The number of benzene rings is 1. The quantitative estimate of drug-likeness (QED) is 0.660. The van der Waals surface area contributed by atoms with Gasteiger partial charge in [-0.15, -0.1) is 0 Å². The maximum absolute atomic E-state index is 12.9. The summed E-state index contributed by atoms with van der Waals surface area (Å²) in [5.41, 5.74) is 3.66. The van der Waals surface area contributed by atoms with Gasteiger partial charge >= 0.3 is 6.18 Å². The van der Waals surface area contributed by atoms with Gasteiger partial charge in [-0.25, -0.2) is 0 Å². The Kier molecular flexibility index (Phi) is 4.17. The van der Waals surface area contributed by atoms with E-state index in [0.29, 0.717) is 23.0 Å². The zero-order valence-electron chi connectivity index (χ0n) is 15.2. The van der Waals surface area contributed by atoms with Gasteiger partial charge in [-0.2, -0.15) is 13.2 Å². The Morgan fingerprint density at radius 1 is 1.22 bits per heavy atom. The van der Waals surface area contributed by atoms with Crippen molar-refractivity contribution in [2.75, 3.05) is 5.32 Å². The molecule has 1 aromatic carbocycles. The third-order valence-electron chi connectivity index (χ3n) is 5.53. The van der Waals surface area contributed by atoms with Crippen LogP contribution in [0.2, 0.25) is 0 Å². The predicted molar refractivity (Wildman–Crippen MR) is 99.3 cm³/mol. The molecule has 3 nitrogen and oxygen atoms in total. The smallest absolute Gasteiger partial charge is 0.359 e. The number of alkyl halides is 3. The van der Waals surface area contributed by atoms with E-state index in [4.69, 9.17) is 0 Å². The molecule has 142 valence electrons. The molecule has 2 heterocycles. The maximum Gasteiger partial charge on any atom is 0.416 e. The molecule has 0 saturated heterocycles. The Balaban J connectivity index is 1.71. The van der Waals surface area contributed by atoms with Crippen LogP contribution >= 0.6 is 0 Å². The largest absolute Gasteiger partial charge is 0.416 e. The zero-order valence-corrected chi connectivity index (χ0v) is 15.2. The number of hydrogen-bond donors (Lipinski definition) is 2. The molecule has 0 bridgehead atoms. The summed E-state index contributed by atoms with van der Waals surface area (Å²) < 4.78 is 38.7. The van der Waals surface area contributed by atoms with Gasteiger partial charge in [0.25, 0.3) is 5.91 Å². The maximum atomic E-state index is 12.9. The molecule has 2 aromatic rings. The van der Waals surface area contributed by atoms with E-state index in [2.05, 4.69) is 30.2 Å². The zero-order chi connectivity index (χ0) is 19.3. The number of fused-ring (bicyclic) bond motifs is 2. The summed E-state index contributed by atoms with van der Waals surface area (Å²) in [4.78, 5) is 15.7. The van der Waals surface area contributed by atoms with Crippen LogP contribution in [0.5, 0.6) is 0 Å². The van der Waals surface area contributed by atoms with Gasteiger partial charge in [0.15, 0.2) is 0 Å². The van der Waals surface area contributed by atoms with Gasteiger partial charge < -0.3 is 10.3 Å². The fourth-order valence-corrected chi connectivity index (χ4v) is 4.17. The van der Waals surface area contributed by atoms with Gasteiger partial charge in [-0.05, 0) is 60.9 Å². The minimum absolute atomic E-state index is 0.206. The van der Waals surface area contributed by atoms with E-state index in [1.165, 1.54) is 17.3 Å². The number of nitrogens with one attached hydrogen (secondary N) is 2. The van der Waals surface area contributed by atoms with Crippen LogP contribution in [0.3, 0.4) is 0 Å². The molecule has 1 aromatic heterocycles. The molecule has 1 unspecified atom stereocenters. The number of hydrogen-bond acceptors (Lipinski definition) is 1. The van der Waals surface area contributed by atoms with E-state index < -0.39 is 11.7 Å². The van der Waals surface area contributed by atoms with Crippen molar-refractivity contribution in [1.82, 2.24) is 4.98 Å². The van der Waals surface area contributed by atoms with Gasteiger partial charge in [0.1, 0.15) is 0 Å². The van der Waals surface area contributed by atoms with Crippen LogP contribution in [0, 0.1) is 5.92 Å². The van der Waals surface area contributed by atoms with Crippen LogP contribution in [0.1, 0.15) is 60.7 Å². The minimum atomic E-state index is -4.43. The fourth-order valence-electron chi connectivity index (χ4n) is 4.17. The molecule has 0 spiro atoms. The second-order valence-corrected chi connectivity index (χ2v) is 7.67. The number of anilines is 1. The van der Waals surface area contributed by atoms with E-state index in [-0.39, 0.29) is 11.6 Å². The van der Waals surface area contributed by atoms with Gasteiger partial charge in [-0.1, -0.05) is 19.9 Å². The molecular weight excluding hydrogens is 353 g/mol. The predicted octanol–water partition coefficient (Wildman–Crippen LogP) is 5.60. The standard InChI is InChI=1S/C21H21F3N2O/c1-11(2)14-4-3-5-18-16(14)9-13(25-18)10-17-15-7-6-12(21(22,23)24)8-19(15)26-20(17)27/h6-11,14,25H,3-5H2,1-2H3,(H,26,27). The number of aryl methyl sites for hydroxylation is 1. The summed E-state index contributed by atoms with van der Waals surface area (Å²) in [6, 6.07) is 5.45. The Bertz CT molecular complexity index is 937. The van der Waals surface area contributed by atoms with Crippen molar-refractivity contribution in [1.29, 1.82) is 0 Å². The Morgan fingerprint density at radius 3 is 2.70 bits per heavy atom. The Labute approximate surface area is 155 Å². The summed E-state index contributed by atoms with van der Waals surface area (Å²) in [5.74, 6) is 0.658. The SMILES string of the molecule is CC(C)C1CCCc2[nH]c(C=C3C(=O)Nc4cc(C(F)(F)F)ccc43)cc21. The van der Waals surface area contributed by atoms with E-state index in [1.807, 2.05) is 0 Å². The summed E-state index contributed by atoms with van der Waals surface area (Å²) >= 11 is 0. The first-order chi connectivity index (χ1) is 12.7. The first-order valence-electron chi connectivity index (χ1n) is 9.20. The number of carbonyl (C=O) groups is 1. The van der Waals surface area contributed by atoms with Crippen LogP contribution in [-0.2, 0) is 17.4 Å². The number of halogens is 3. The minimum Gasteiger partial charge on any atom is -0.359 e. The Hall–Kier alpha value is -2.50. The average Bonchev–Trinajstić information content (AvgIpc) is 3.14. The lowest BCUT2D eigenvalue weighted by Gasteiger charge is -2.25. The van der Waals surface area contributed by atoms with Crippen molar-refractivity contribution in [2.24, 2.45) is 5.92 Å². The van der Waals surface area contributed by atoms with E-state index in [9.17, 15) is 18.0 Å². The number of carbonyl (C=O) groups excluding carboxylic acids is 1. The average molecular weight is 374 g/mol. The van der Waals surface area contributed by atoms with Crippen molar-refractivity contribution in [3.8, 4) is 0 Å². The van der Waals surface area contributed by atoms with Crippen LogP contribution in [0.25, 0.3) is 11.6 Å². The Morgan fingerprint density at radius 2 is 2.00 bits per heavy atom. The first-order valence-corrected chi connectivity index (χ1v) is 9.20. The molecule has 1 amide bonds. The normalized spacial score (nSPS) is 20.7. The molecular formula is C21H21F3N2O. The summed E-state index contributed by atoms with van der Waals surface area (Å²) in [6.45, 7) is 4.42. The highest BCUT2D eigenvalue weighted by Crippen LogP contribution is 2.40. The van der Waals surface area contributed by atoms with Crippen LogP contribution in [0.4, 0.5) is 18.9 Å². The van der Waals surface area contributed by atoms with Crippen LogP contribution in [-0.4, -0.2) is 10.9 Å². The highest BCUT2D eigenvalue weighted by Gasteiger charge is 2.34. The van der Waals surface area contributed by atoms with Gasteiger partial charge in [0.2, 0.25) is 0 Å². The fraction of sp³-hybridized carbons (Fsp3) is 0.381. The lowest BCUT2D eigenvalue weighted by molar-refractivity contribution is -0.137. The number of aromatic nitrogens is 1. The molecule has 0 fully saturated rings. The second-order valence-electron chi connectivity index (χ2n) is 7.67. The lowest BCUT2D eigenvalue weighted by Crippen LogP contribution is -2.13. The highest BCUT2D eigenvalue weighted by atomic mass is 19.4. The monoisotopic (exact) mass is 374 g/mol. The highest BCUT2D eigenvalue weighted by molar-refractivity contribution is 6.34. The van der Waals surface area contributed by atoms with Crippen molar-refractivity contribution in [3.63, 3.8) is 0 Å². The molecule has 0 radical (unpaired) electrons. The lowest BCUT2D eigenvalue weighted by atomic mass is 9.80. The summed E-state index contributed by atoms with van der Waals surface area (Å²) in [5, 5.41) is 2.55. The topological polar surface area (TPSA) is 44.9 Å². The third kappa shape index (κ3) is 3.17. The van der Waals surface area contributed by atoms with Crippen LogP contribution in [0.15, 0.2) is 24.3 Å². The van der Waals surface area contributed by atoms with Gasteiger partial charge in [0, 0.05) is 22.6 Å². The van der Waals surface area contributed by atoms with E-state index in [1.54, 1.807) is 6.08 Å². The number of H-pyrrole nitrogens is 1. The molecule has 1 atom stereocenters. The number of rotatable bonds is 2. The second kappa shape index (κ2) is 6.29. The summed E-state index contributed by atoms with van der Waals surface area (Å²) in [7, 11) is 0. The molecule has 4 rings (SSSR count). The van der Waals surface area contributed by atoms with Crippen molar-refractivity contribution in [3.05, 3.63) is 52.3 Å². The molecule has 2 aliphatic rings. The van der Waals surface area contributed by atoms with E-state index >= 15 is 0 Å². The van der Waals surface area contributed by atoms with E-state index in [0.717, 1.165) is 37.1 Å². The first kappa shape index (κ1) is 17.9.